The first kappa shape index (κ1) is 12.3. The molecule has 0 saturated heterocycles. The summed E-state index contributed by atoms with van der Waals surface area (Å²) in [6.45, 7) is 0. The van der Waals surface area contributed by atoms with Gasteiger partial charge in [-0.3, -0.25) is 10.4 Å². The van der Waals surface area contributed by atoms with Crippen LogP contribution in [0.2, 0.25) is 0 Å². The van der Waals surface area contributed by atoms with Gasteiger partial charge in [0.15, 0.2) is 0 Å². The summed E-state index contributed by atoms with van der Waals surface area (Å²) < 4.78 is 0. The molecule has 0 atom stereocenters. The molecule has 20 heavy (non-hydrogen) atoms. The fourth-order valence-electron chi connectivity index (χ4n) is 2.07. The Hall–Kier alpha value is -2.74. The van der Waals surface area contributed by atoms with Gasteiger partial charge < -0.3 is 0 Å². The van der Waals surface area contributed by atoms with Gasteiger partial charge in [-0.05, 0) is 36.4 Å². The highest BCUT2D eigenvalue weighted by molar-refractivity contribution is 5.67. The standard InChI is InChI=1S/C18H16N2/c1-4-10-16(11-5-1)19-20(17-12-6-2-7-13-17)18-14-8-3-9-15-18/h1-15,19H. The first-order chi connectivity index (χ1) is 9.93. The van der Waals surface area contributed by atoms with Crippen LogP contribution in [0.25, 0.3) is 0 Å². The quantitative estimate of drug-likeness (QED) is 0.674. The molecule has 0 aliphatic rings. The van der Waals surface area contributed by atoms with Crippen LogP contribution in [-0.4, -0.2) is 0 Å². The molecule has 3 rings (SSSR count). The van der Waals surface area contributed by atoms with Gasteiger partial charge >= 0.3 is 0 Å². The minimum Gasteiger partial charge on any atom is -0.294 e. The Morgan fingerprint density at radius 3 is 1.35 bits per heavy atom. The Kier molecular flexibility index (Phi) is 3.65. The highest BCUT2D eigenvalue weighted by Crippen LogP contribution is 2.25. The molecule has 3 aromatic rings. The fourth-order valence-corrected chi connectivity index (χ4v) is 2.07. The average Bonchev–Trinajstić information content (AvgIpc) is 2.55. The second-order valence-corrected chi connectivity index (χ2v) is 4.48. The van der Waals surface area contributed by atoms with Crippen LogP contribution >= 0.6 is 0 Å². The summed E-state index contributed by atoms with van der Waals surface area (Å²) in [5.41, 5.74) is 6.70. The molecule has 0 aliphatic carbocycles. The Bertz CT molecular complexity index is 597. The number of hydrazine groups is 1. The van der Waals surface area contributed by atoms with Gasteiger partial charge in [0, 0.05) is 0 Å². The summed E-state index contributed by atoms with van der Waals surface area (Å²) in [5.74, 6) is 0. The molecule has 98 valence electrons. The van der Waals surface area contributed by atoms with Gasteiger partial charge in [0.25, 0.3) is 0 Å². The van der Waals surface area contributed by atoms with E-state index >= 15 is 0 Å². The summed E-state index contributed by atoms with van der Waals surface area (Å²) in [4.78, 5) is 0. The van der Waals surface area contributed by atoms with Crippen LogP contribution < -0.4 is 10.4 Å². The van der Waals surface area contributed by atoms with Crippen LogP contribution in [0, 0.1) is 0 Å². The zero-order valence-electron chi connectivity index (χ0n) is 11.1. The molecule has 3 aromatic carbocycles. The normalized spacial score (nSPS) is 10.0. The van der Waals surface area contributed by atoms with Gasteiger partial charge in [-0.1, -0.05) is 54.6 Å². The molecule has 0 aliphatic heterocycles. The second-order valence-electron chi connectivity index (χ2n) is 4.48. The minimum atomic E-state index is 1.06. The van der Waals surface area contributed by atoms with Crippen molar-refractivity contribution in [3.8, 4) is 0 Å². The Labute approximate surface area is 119 Å². The topological polar surface area (TPSA) is 15.3 Å². The minimum absolute atomic E-state index is 1.06. The third kappa shape index (κ3) is 2.81. The van der Waals surface area contributed by atoms with Crippen molar-refractivity contribution in [2.75, 3.05) is 10.4 Å². The number of hydrogen-bond donors (Lipinski definition) is 1. The number of para-hydroxylation sites is 3. The van der Waals surface area contributed by atoms with Crippen molar-refractivity contribution in [3.63, 3.8) is 0 Å². The molecule has 0 radical (unpaired) electrons. The van der Waals surface area contributed by atoms with Gasteiger partial charge in [0.05, 0.1) is 17.1 Å². The molecule has 0 fully saturated rings. The highest BCUT2D eigenvalue weighted by atomic mass is 15.5. The van der Waals surface area contributed by atoms with E-state index in [1.165, 1.54) is 0 Å². The molecule has 0 unspecified atom stereocenters. The molecule has 0 heterocycles. The lowest BCUT2D eigenvalue weighted by Gasteiger charge is -2.26. The van der Waals surface area contributed by atoms with Crippen LogP contribution in [0.4, 0.5) is 17.1 Å². The van der Waals surface area contributed by atoms with Gasteiger partial charge in [0.1, 0.15) is 0 Å². The molecule has 2 nitrogen and oxygen atoms in total. The van der Waals surface area contributed by atoms with E-state index in [1.54, 1.807) is 0 Å². The van der Waals surface area contributed by atoms with Gasteiger partial charge in [-0.15, -0.1) is 0 Å². The number of nitrogens with zero attached hydrogens (tertiary/aromatic N) is 1. The van der Waals surface area contributed by atoms with E-state index in [-0.39, 0.29) is 0 Å². The monoisotopic (exact) mass is 260 g/mol. The lowest BCUT2D eigenvalue weighted by atomic mass is 10.2. The molecule has 0 aromatic heterocycles. The lowest BCUT2D eigenvalue weighted by Crippen LogP contribution is -2.24. The van der Waals surface area contributed by atoms with E-state index in [9.17, 15) is 0 Å². The smallest absolute Gasteiger partial charge is 0.0630 e. The van der Waals surface area contributed by atoms with Crippen LogP contribution in [0.3, 0.4) is 0 Å². The summed E-state index contributed by atoms with van der Waals surface area (Å²) in [6, 6.07) is 30.7. The predicted octanol–water partition coefficient (Wildman–Crippen LogP) is 4.85. The number of rotatable bonds is 4. The van der Waals surface area contributed by atoms with E-state index in [4.69, 9.17) is 0 Å². The third-order valence-electron chi connectivity index (χ3n) is 3.04. The summed E-state index contributed by atoms with van der Waals surface area (Å²) >= 11 is 0. The Morgan fingerprint density at radius 1 is 0.500 bits per heavy atom. The largest absolute Gasteiger partial charge is 0.294 e. The summed E-state index contributed by atoms with van der Waals surface area (Å²) in [7, 11) is 0. The number of nitrogens with one attached hydrogen (secondary N) is 1. The van der Waals surface area contributed by atoms with Crippen molar-refractivity contribution >= 4 is 17.1 Å². The predicted molar refractivity (Wildman–Crippen MR) is 85.1 cm³/mol. The molecule has 0 amide bonds. The van der Waals surface area contributed by atoms with Crippen LogP contribution in [0.15, 0.2) is 91.0 Å². The first-order valence-corrected chi connectivity index (χ1v) is 6.65. The van der Waals surface area contributed by atoms with Crippen molar-refractivity contribution in [2.45, 2.75) is 0 Å². The second kappa shape index (κ2) is 5.93. The molecular formula is C18H16N2. The van der Waals surface area contributed by atoms with E-state index in [0.717, 1.165) is 17.1 Å². The van der Waals surface area contributed by atoms with Gasteiger partial charge in [-0.25, -0.2) is 0 Å². The SMILES string of the molecule is c1ccc(NN(c2ccccc2)c2ccccc2)cc1. The molecule has 0 bridgehead atoms. The molecule has 0 spiro atoms. The number of benzene rings is 3. The Morgan fingerprint density at radius 2 is 0.900 bits per heavy atom. The maximum atomic E-state index is 3.44. The third-order valence-corrected chi connectivity index (χ3v) is 3.04. The van der Waals surface area contributed by atoms with E-state index in [1.807, 2.05) is 54.6 Å². The molecular weight excluding hydrogens is 244 g/mol. The van der Waals surface area contributed by atoms with E-state index in [0.29, 0.717) is 0 Å². The fraction of sp³-hybridized carbons (Fsp3) is 0. The molecule has 0 saturated carbocycles. The average molecular weight is 260 g/mol. The lowest BCUT2D eigenvalue weighted by molar-refractivity contribution is 1.16. The van der Waals surface area contributed by atoms with E-state index < -0.39 is 0 Å². The van der Waals surface area contributed by atoms with Gasteiger partial charge in [0.2, 0.25) is 0 Å². The van der Waals surface area contributed by atoms with Crippen molar-refractivity contribution in [1.82, 2.24) is 0 Å². The first-order valence-electron chi connectivity index (χ1n) is 6.65. The maximum Gasteiger partial charge on any atom is 0.0630 e. The van der Waals surface area contributed by atoms with Crippen LogP contribution in [0.1, 0.15) is 0 Å². The van der Waals surface area contributed by atoms with Gasteiger partial charge in [-0.2, -0.15) is 0 Å². The molecule has 1 N–H and O–H groups in total. The molecule has 2 heteroatoms. The Balaban J connectivity index is 1.96. The zero-order chi connectivity index (χ0) is 13.6. The van der Waals surface area contributed by atoms with Crippen molar-refractivity contribution < 1.29 is 0 Å². The highest BCUT2D eigenvalue weighted by Gasteiger charge is 2.08. The zero-order valence-corrected chi connectivity index (χ0v) is 11.1. The number of anilines is 3. The summed E-state index contributed by atoms with van der Waals surface area (Å²) in [6.07, 6.45) is 0. The van der Waals surface area contributed by atoms with E-state index in [2.05, 4.69) is 46.8 Å². The van der Waals surface area contributed by atoms with Crippen molar-refractivity contribution in [1.29, 1.82) is 0 Å². The van der Waals surface area contributed by atoms with Crippen LogP contribution in [0.5, 0.6) is 0 Å². The summed E-state index contributed by atoms with van der Waals surface area (Å²) in [5, 5.41) is 2.08. The van der Waals surface area contributed by atoms with Crippen molar-refractivity contribution in [3.05, 3.63) is 91.0 Å². The van der Waals surface area contributed by atoms with Crippen LogP contribution in [-0.2, 0) is 0 Å². The van der Waals surface area contributed by atoms with Crippen molar-refractivity contribution in [2.24, 2.45) is 0 Å². The number of hydrogen-bond acceptors (Lipinski definition) is 2. The maximum absolute atomic E-state index is 3.44.